The zero-order valence-electron chi connectivity index (χ0n) is 24.1. The van der Waals surface area contributed by atoms with Crippen LogP contribution in [0.25, 0.3) is 27.7 Å². The molecule has 3 aromatic rings. The maximum Gasteiger partial charge on any atom is 0.469 e. The number of alkyl halides is 4. The molecule has 244 valence electrons. The smallest absolute Gasteiger partial charge is 0.469 e. The van der Waals surface area contributed by atoms with Crippen molar-refractivity contribution in [3.8, 4) is 11.1 Å². The van der Waals surface area contributed by atoms with Crippen LogP contribution in [0.2, 0.25) is 0 Å². The van der Waals surface area contributed by atoms with Crippen molar-refractivity contribution in [3.63, 3.8) is 0 Å². The molecule has 1 saturated carbocycles. The van der Waals surface area contributed by atoms with Crippen LogP contribution >= 0.6 is 7.82 Å². The number of nitrogens with zero attached hydrogens (tertiary/aromatic N) is 2. The van der Waals surface area contributed by atoms with Crippen molar-refractivity contribution in [2.45, 2.75) is 50.1 Å². The first kappa shape index (κ1) is 33.1. The number of hydrogen-bond donors (Lipinski definition) is 3. The Labute approximate surface area is 256 Å². The summed E-state index contributed by atoms with van der Waals surface area (Å²) in [4.78, 5) is 68.7. The molecule has 0 atom stereocenters. The first-order valence-electron chi connectivity index (χ1n) is 13.6. The number of carboxylic acid groups (broad SMARTS) is 1. The van der Waals surface area contributed by atoms with E-state index in [-0.39, 0.29) is 36.1 Å². The minimum absolute atomic E-state index is 0.0641. The molecule has 2 aliphatic rings. The normalized spacial score (nSPS) is 19.0. The SMILES string of the molecule is CC1(C)C=C(COP(=O)(O)O)c2cc3cc(-c4cc[n+](C5C(=O)C(F)(F)C(F)(F)C5=O)cc4)c(=O)oc3cc2N1CCCC(=O)O. The molecule has 5 rings (SSSR count). The first-order chi connectivity index (χ1) is 21.2. The molecule has 0 spiro atoms. The lowest BCUT2D eigenvalue weighted by molar-refractivity contribution is -0.695. The van der Waals surface area contributed by atoms with Crippen molar-refractivity contribution in [1.29, 1.82) is 0 Å². The van der Waals surface area contributed by atoms with Gasteiger partial charge in [0.25, 0.3) is 17.6 Å². The highest BCUT2D eigenvalue weighted by Crippen LogP contribution is 2.46. The number of carbonyl (C=O) groups excluding carboxylic acids is 2. The van der Waals surface area contributed by atoms with Crippen molar-refractivity contribution in [2.24, 2.45) is 0 Å². The van der Waals surface area contributed by atoms with Gasteiger partial charge in [0.1, 0.15) is 5.58 Å². The van der Waals surface area contributed by atoms with Crippen LogP contribution in [0.4, 0.5) is 23.2 Å². The zero-order chi connectivity index (χ0) is 34.0. The minimum Gasteiger partial charge on any atom is -0.481 e. The minimum atomic E-state index is -5.18. The topological polar surface area (TPSA) is 176 Å². The molecule has 17 heteroatoms. The number of anilines is 1. The van der Waals surface area contributed by atoms with Gasteiger partial charge >= 0.3 is 31.3 Å². The summed E-state index contributed by atoms with van der Waals surface area (Å²) in [6.07, 6.45) is 3.70. The van der Waals surface area contributed by atoms with E-state index in [1.165, 1.54) is 12.1 Å². The zero-order valence-corrected chi connectivity index (χ0v) is 25.0. The summed E-state index contributed by atoms with van der Waals surface area (Å²) in [6, 6.07) is 4.34. The second-order valence-electron chi connectivity index (χ2n) is 11.4. The van der Waals surface area contributed by atoms with E-state index in [1.54, 1.807) is 26.0 Å². The number of fused-ring (bicyclic) bond motifs is 2. The van der Waals surface area contributed by atoms with Gasteiger partial charge < -0.3 is 24.2 Å². The number of carboxylic acids is 1. The lowest BCUT2D eigenvalue weighted by Gasteiger charge is -2.43. The van der Waals surface area contributed by atoms with Gasteiger partial charge in [-0.15, -0.1) is 0 Å². The summed E-state index contributed by atoms with van der Waals surface area (Å²) in [5.74, 6) is -15.9. The van der Waals surface area contributed by atoms with Crippen LogP contribution in [0, 0.1) is 0 Å². The molecule has 0 unspecified atom stereocenters. The van der Waals surface area contributed by atoms with E-state index in [2.05, 4.69) is 0 Å². The second-order valence-corrected chi connectivity index (χ2v) is 12.6. The van der Waals surface area contributed by atoms with E-state index in [0.717, 1.165) is 24.5 Å². The molecule has 1 aliphatic carbocycles. The number of halogens is 4. The number of aromatic nitrogens is 1. The average molecular weight is 669 g/mol. The lowest BCUT2D eigenvalue weighted by atomic mass is 9.87. The number of rotatable bonds is 9. The monoisotopic (exact) mass is 669 g/mol. The number of pyridine rings is 1. The number of hydrogen-bond acceptors (Lipinski definition) is 8. The summed E-state index contributed by atoms with van der Waals surface area (Å²) in [6.45, 7) is 3.37. The van der Waals surface area contributed by atoms with Gasteiger partial charge in [-0.3, -0.25) is 18.9 Å². The third-order valence-electron chi connectivity index (χ3n) is 7.84. The molecule has 1 aromatic carbocycles. The van der Waals surface area contributed by atoms with Gasteiger partial charge in [0.15, 0.2) is 12.4 Å². The summed E-state index contributed by atoms with van der Waals surface area (Å²) in [7, 11) is -4.87. The molecule has 0 bridgehead atoms. The van der Waals surface area contributed by atoms with Crippen LogP contribution in [-0.4, -0.2) is 63.0 Å². The summed E-state index contributed by atoms with van der Waals surface area (Å²) in [5, 5.41) is 9.45. The van der Waals surface area contributed by atoms with Gasteiger partial charge in [-0.25, -0.2) is 9.36 Å². The molecule has 0 saturated heterocycles. The fraction of sp³-hybridized carbons (Fsp3) is 0.345. The predicted octanol–water partition coefficient (Wildman–Crippen LogP) is 3.67. The summed E-state index contributed by atoms with van der Waals surface area (Å²) < 4.78 is 77.6. The van der Waals surface area contributed by atoms with Crippen LogP contribution in [0.3, 0.4) is 0 Å². The number of Topliss-reactive ketones (excluding diaryl/α,β-unsaturated/α-hetero) is 2. The Morgan fingerprint density at radius 2 is 1.61 bits per heavy atom. The third kappa shape index (κ3) is 5.77. The van der Waals surface area contributed by atoms with Crippen LogP contribution < -0.4 is 15.1 Å². The van der Waals surface area contributed by atoms with Crippen molar-refractivity contribution < 1.29 is 64.9 Å². The van der Waals surface area contributed by atoms with E-state index < -0.39 is 61.0 Å². The van der Waals surface area contributed by atoms with E-state index >= 15 is 0 Å². The Bertz CT molecular complexity index is 1890. The van der Waals surface area contributed by atoms with E-state index in [0.29, 0.717) is 26.8 Å². The second kappa shape index (κ2) is 11.2. The number of carbonyl (C=O) groups is 3. The lowest BCUT2D eigenvalue weighted by Crippen LogP contribution is -2.46. The molecule has 2 aromatic heterocycles. The molecule has 1 fully saturated rings. The van der Waals surface area contributed by atoms with E-state index in [9.17, 15) is 51.1 Å². The van der Waals surface area contributed by atoms with Crippen molar-refractivity contribution in [3.05, 3.63) is 64.8 Å². The fourth-order valence-corrected chi connectivity index (χ4v) is 5.94. The quantitative estimate of drug-likeness (QED) is 0.0997. The molecule has 0 radical (unpaired) electrons. The van der Waals surface area contributed by atoms with Crippen LogP contribution in [-0.2, 0) is 23.5 Å². The molecule has 0 amide bonds. The summed E-state index contributed by atoms with van der Waals surface area (Å²) >= 11 is 0. The standard InChI is InChI=1S/C29H25F4N2O10P/c1-27(2)13-17(14-44-46(41,42)43)18-10-16-11-19(26(40)45-21(16)12-20(18)35(27)7-3-4-22(36)37)15-5-8-34(9-6-15)23-24(38)28(30,31)29(32,33)25(23)39/h5-6,8-13,23H,3-4,7,14H2,1-2H3,(H2-,36,37,41,42,43)/p+1. The predicted molar refractivity (Wildman–Crippen MR) is 151 cm³/mol. The van der Waals surface area contributed by atoms with Crippen LogP contribution in [0.15, 0.2) is 58.0 Å². The van der Waals surface area contributed by atoms with Gasteiger partial charge in [0.2, 0.25) is 0 Å². The number of phosphoric ester groups is 1. The van der Waals surface area contributed by atoms with Crippen LogP contribution in [0.5, 0.6) is 0 Å². The Morgan fingerprint density at radius 3 is 2.17 bits per heavy atom. The Balaban J connectivity index is 1.56. The molecule has 3 heterocycles. The highest BCUT2D eigenvalue weighted by molar-refractivity contribution is 7.46. The van der Waals surface area contributed by atoms with Crippen molar-refractivity contribution >= 4 is 47.6 Å². The van der Waals surface area contributed by atoms with Crippen LogP contribution in [0.1, 0.15) is 38.3 Å². The Kier molecular flexibility index (Phi) is 8.09. The van der Waals surface area contributed by atoms with Crippen molar-refractivity contribution in [1.82, 2.24) is 0 Å². The van der Waals surface area contributed by atoms with E-state index in [4.69, 9.17) is 14.0 Å². The van der Waals surface area contributed by atoms with Gasteiger partial charge in [0, 0.05) is 53.4 Å². The molecule has 3 N–H and O–H groups in total. The Hall–Kier alpha value is -4.24. The average Bonchev–Trinajstić information content (AvgIpc) is 3.07. The van der Waals surface area contributed by atoms with Gasteiger partial charge in [-0.1, -0.05) is 6.08 Å². The highest BCUT2D eigenvalue weighted by atomic mass is 31.2. The summed E-state index contributed by atoms with van der Waals surface area (Å²) in [5.41, 5.74) is -0.183. The molecular formula is C29H26F4N2O10P+. The van der Waals surface area contributed by atoms with Crippen molar-refractivity contribution in [2.75, 3.05) is 18.1 Å². The van der Waals surface area contributed by atoms with E-state index in [1.807, 2.05) is 4.90 Å². The third-order valence-corrected chi connectivity index (χ3v) is 8.31. The number of benzene rings is 1. The number of ketones is 2. The maximum absolute atomic E-state index is 13.8. The Morgan fingerprint density at radius 1 is 1.02 bits per heavy atom. The number of aliphatic carboxylic acids is 1. The highest BCUT2D eigenvalue weighted by Gasteiger charge is 2.79. The largest absolute Gasteiger partial charge is 0.481 e. The van der Waals surface area contributed by atoms with Gasteiger partial charge in [-0.2, -0.15) is 22.1 Å². The molecule has 1 aliphatic heterocycles. The number of phosphoric acid groups is 1. The van der Waals surface area contributed by atoms with Gasteiger partial charge in [0.05, 0.1) is 17.7 Å². The molecule has 46 heavy (non-hydrogen) atoms. The fourth-order valence-electron chi connectivity index (χ4n) is 5.63. The van der Waals surface area contributed by atoms with Gasteiger partial charge in [-0.05, 0) is 38.0 Å². The molecular weight excluding hydrogens is 643 g/mol. The molecule has 12 nitrogen and oxygen atoms in total. The maximum atomic E-state index is 13.8. The first-order valence-corrected chi connectivity index (χ1v) is 15.2.